The first-order chi connectivity index (χ1) is 9.39. The molecule has 0 spiro atoms. The van der Waals surface area contributed by atoms with Crippen LogP contribution in [0.5, 0.6) is 0 Å². The number of nitrogens with zero attached hydrogens (tertiary/aromatic N) is 2. The third kappa shape index (κ3) is 3.45. The molecular formula is C14H21N3O3. The van der Waals surface area contributed by atoms with Crippen molar-refractivity contribution in [2.75, 3.05) is 11.9 Å². The van der Waals surface area contributed by atoms with E-state index in [1.54, 1.807) is 13.0 Å². The number of hydrogen-bond acceptors (Lipinski definition) is 5. The van der Waals surface area contributed by atoms with E-state index in [1.165, 1.54) is 6.07 Å². The van der Waals surface area contributed by atoms with Crippen LogP contribution in [0.3, 0.4) is 0 Å². The largest absolute Gasteiger partial charge is 0.388 e. The first-order valence-electron chi connectivity index (χ1n) is 6.98. The van der Waals surface area contributed by atoms with Crippen LogP contribution in [0.2, 0.25) is 0 Å². The number of nitrogens with one attached hydrogen (secondary N) is 1. The maximum absolute atomic E-state index is 11.0. The van der Waals surface area contributed by atoms with Gasteiger partial charge in [-0.25, -0.2) is 4.98 Å². The van der Waals surface area contributed by atoms with Gasteiger partial charge in [0.05, 0.1) is 10.5 Å². The van der Waals surface area contributed by atoms with Crippen molar-refractivity contribution in [1.82, 2.24) is 4.98 Å². The van der Waals surface area contributed by atoms with Crippen LogP contribution in [0.1, 0.15) is 38.3 Å². The van der Waals surface area contributed by atoms with Gasteiger partial charge in [0.2, 0.25) is 5.82 Å². The van der Waals surface area contributed by atoms with Gasteiger partial charge in [-0.3, -0.25) is 10.1 Å². The molecule has 20 heavy (non-hydrogen) atoms. The molecule has 1 fully saturated rings. The van der Waals surface area contributed by atoms with Gasteiger partial charge in [-0.1, -0.05) is 6.92 Å². The first-order valence-corrected chi connectivity index (χ1v) is 6.98. The Balaban J connectivity index is 2.07. The second-order valence-corrected chi connectivity index (χ2v) is 5.84. The molecule has 2 rings (SSSR count). The molecule has 0 aromatic carbocycles. The lowest BCUT2D eigenvalue weighted by Gasteiger charge is -2.35. The van der Waals surface area contributed by atoms with Gasteiger partial charge in [0, 0.05) is 18.3 Å². The highest BCUT2D eigenvalue weighted by molar-refractivity contribution is 5.56. The van der Waals surface area contributed by atoms with Gasteiger partial charge in [-0.15, -0.1) is 0 Å². The fourth-order valence-electron chi connectivity index (χ4n) is 2.55. The summed E-state index contributed by atoms with van der Waals surface area (Å²) >= 11 is 0. The summed E-state index contributed by atoms with van der Waals surface area (Å²) in [7, 11) is 0. The first kappa shape index (κ1) is 14.7. The van der Waals surface area contributed by atoms with Gasteiger partial charge in [-0.2, -0.15) is 0 Å². The maximum atomic E-state index is 11.0. The van der Waals surface area contributed by atoms with Crippen molar-refractivity contribution in [1.29, 1.82) is 0 Å². The highest BCUT2D eigenvalue weighted by Gasteiger charge is 2.32. The fraction of sp³-hybridized carbons (Fsp3) is 0.643. The molecule has 0 saturated heterocycles. The summed E-state index contributed by atoms with van der Waals surface area (Å²) in [5.41, 5.74) is -0.128. The van der Waals surface area contributed by atoms with E-state index < -0.39 is 10.5 Å². The van der Waals surface area contributed by atoms with E-state index in [1.807, 2.05) is 0 Å². The second kappa shape index (κ2) is 5.75. The van der Waals surface area contributed by atoms with Crippen molar-refractivity contribution in [2.24, 2.45) is 5.92 Å². The summed E-state index contributed by atoms with van der Waals surface area (Å²) in [4.78, 5) is 14.7. The van der Waals surface area contributed by atoms with E-state index in [9.17, 15) is 15.2 Å². The average molecular weight is 279 g/mol. The minimum atomic E-state index is -0.786. The molecule has 0 atom stereocenters. The lowest BCUT2D eigenvalue weighted by atomic mass is 9.79. The van der Waals surface area contributed by atoms with Gasteiger partial charge in [0.1, 0.15) is 0 Å². The molecule has 0 radical (unpaired) electrons. The summed E-state index contributed by atoms with van der Waals surface area (Å²) in [5.74, 6) is 0.878. The van der Waals surface area contributed by atoms with Crippen molar-refractivity contribution in [2.45, 2.75) is 45.1 Å². The molecule has 6 heteroatoms. The van der Waals surface area contributed by atoms with E-state index in [0.29, 0.717) is 18.2 Å². The van der Waals surface area contributed by atoms with Crippen LogP contribution in [-0.2, 0) is 0 Å². The lowest BCUT2D eigenvalue weighted by molar-refractivity contribution is -0.384. The maximum Gasteiger partial charge on any atom is 0.311 e. The van der Waals surface area contributed by atoms with Gasteiger partial charge < -0.3 is 10.4 Å². The van der Waals surface area contributed by atoms with Crippen molar-refractivity contribution >= 4 is 11.5 Å². The molecule has 1 heterocycles. The number of aromatic nitrogens is 1. The number of rotatable bonds is 4. The molecule has 2 N–H and O–H groups in total. The molecule has 1 saturated carbocycles. The highest BCUT2D eigenvalue weighted by atomic mass is 16.6. The van der Waals surface area contributed by atoms with Crippen LogP contribution < -0.4 is 5.32 Å². The summed E-state index contributed by atoms with van der Waals surface area (Å²) in [6.45, 7) is 4.27. The van der Waals surface area contributed by atoms with E-state index in [-0.39, 0.29) is 11.5 Å². The molecule has 0 amide bonds. The Bertz CT molecular complexity index is 496. The van der Waals surface area contributed by atoms with E-state index >= 15 is 0 Å². The van der Waals surface area contributed by atoms with Crippen LogP contribution in [0, 0.1) is 23.0 Å². The molecule has 0 unspecified atom stereocenters. The Morgan fingerprint density at radius 1 is 1.50 bits per heavy atom. The predicted molar refractivity (Wildman–Crippen MR) is 76.7 cm³/mol. The van der Waals surface area contributed by atoms with Crippen molar-refractivity contribution < 1.29 is 10.0 Å². The van der Waals surface area contributed by atoms with Crippen LogP contribution in [0.4, 0.5) is 11.5 Å². The quantitative estimate of drug-likeness (QED) is 0.653. The predicted octanol–water partition coefficient (Wildman–Crippen LogP) is 2.65. The van der Waals surface area contributed by atoms with Gasteiger partial charge in [0.15, 0.2) is 0 Å². The minimum absolute atomic E-state index is 0.0524. The molecule has 1 aliphatic carbocycles. The van der Waals surface area contributed by atoms with E-state index in [2.05, 4.69) is 17.2 Å². The summed E-state index contributed by atoms with van der Waals surface area (Å²) < 4.78 is 0. The van der Waals surface area contributed by atoms with Crippen molar-refractivity contribution in [3.63, 3.8) is 0 Å². The van der Waals surface area contributed by atoms with Gasteiger partial charge >= 0.3 is 5.69 Å². The highest BCUT2D eigenvalue weighted by Crippen LogP contribution is 2.32. The second-order valence-electron chi connectivity index (χ2n) is 5.84. The standard InChI is InChI=1S/C14H21N3O3/c1-10-5-7-14(18,8-6-10)9-15-13-12(17(19)20)4-3-11(2)16-13/h3-4,10,18H,5-9H2,1-2H3,(H,15,16). The molecule has 1 aromatic heterocycles. The number of aryl methyl sites for hydroxylation is 1. The zero-order valence-corrected chi connectivity index (χ0v) is 11.9. The summed E-state index contributed by atoms with van der Waals surface area (Å²) in [5, 5.41) is 24.4. The van der Waals surface area contributed by atoms with Crippen LogP contribution in [0.15, 0.2) is 12.1 Å². The number of pyridine rings is 1. The molecule has 0 aliphatic heterocycles. The van der Waals surface area contributed by atoms with E-state index in [4.69, 9.17) is 0 Å². The Morgan fingerprint density at radius 3 is 2.75 bits per heavy atom. The smallest absolute Gasteiger partial charge is 0.311 e. The SMILES string of the molecule is Cc1ccc([N+](=O)[O-])c(NCC2(O)CCC(C)CC2)n1. The fourth-order valence-corrected chi connectivity index (χ4v) is 2.55. The Morgan fingerprint density at radius 2 is 2.15 bits per heavy atom. The molecular weight excluding hydrogens is 258 g/mol. The Hall–Kier alpha value is -1.69. The molecule has 1 aliphatic rings. The monoisotopic (exact) mass is 279 g/mol. The van der Waals surface area contributed by atoms with Gasteiger partial charge in [-0.05, 0) is 44.6 Å². The van der Waals surface area contributed by atoms with Crippen LogP contribution in [-0.4, -0.2) is 27.2 Å². The van der Waals surface area contributed by atoms with Gasteiger partial charge in [0.25, 0.3) is 0 Å². The number of anilines is 1. The van der Waals surface area contributed by atoms with Crippen molar-refractivity contribution in [3.8, 4) is 0 Å². The third-order valence-electron chi connectivity index (χ3n) is 4.00. The number of hydrogen-bond donors (Lipinski definition) is 2. The normalized spacial score (nSPS) is 26.2. The molecule has 6 nitrogen and oxygen atoms in total. The average Bonchev–Trinajstić information content (AvgIpc) is 2.40. The zero-order chi connectivity index (χ0) is 14.8. The lowest BCUT2D eigenvalue weighted by Crippen LogP contribution is -2.40. The third-order valence-corrected chi connectivity index (χ3v) is 4.00. The zero-order valence-electron chi connectivity index (χ0n) is 11.9. The number of nitro groups is 1. The molecule has 110 valence electrons. The molecule has 1 aromatic rings. The van der Waals surface area contributed by atoms with Crippen LogP contribution in [0.25, 0.3) is 0 Å². The van der Waals surface area contributed by atoms with E-state index in [0.717, 1.165) is 25.7 Å². The topological polar surface area (TPSA) is 88.3 Å². The minimum Gasteiger partial charge on any atom is -0.388 e. The summed E-state index contributed by atoms with van der Waals surface area (Å²) in [6.07, 6.45) is 3.42. The summed E-state index contributed by atoms with van der Waals surface area (Å²) in [6, 6.07) is 3.05. The molecule has 0 bridgehead atoms. The number of aliphatic hydroxyl groups is 1. The Labute approximate surface area is 118 Å². The Kier molecular flexibility index (Phi) is 4.23. The van der Waals surface area contributed by atoms with Crippen LogP contribution >= 0.6 is 0 Å². The van der Waals surface area contributed by atoms with Crippen molar-refractivity contribution in [3.05, 3.63) is 27.9 Å².